The number of benzene rings is 1. The second-order valence-electron chi connectivity index (χ2n) is 3.74. The molecule has 0 aromatic heterocycles. The van der Waals surface area contributed by atoms with Crippen LogP contribution in [0.4, 0.5) is 0 Å². The van der Waals surface area contributed by atoms with E-state index in [0.717, 1.165) is 5.56 Å². The van der Waals surface area contributed by atoms with Gasteiger partial charge in [0.15, 0.2) is 0 Å². The Morgan fingerprint density at radius 3 is 2.50 bits per heavy atom. The van der Waals surface area contributed by atoms with E-state index in [9.17, 15) is 10.2 Å². The fourth-order valence-corrected chi connectivity index (χ4v) is 1.71. The second kappa shape index (κ2) is 6.21. The Kier molecular flexibility index (Phi) is 5.22. The molecule has 2 N–H and O–H groups in total. The molecule has 0 bridgehead atoms. The van der Waals surface area contributed by atoms with Gasteiger partial charge in [0.1, 0.15) is 0 Å². The molecule has 0 aliphatic carbocycles. The smallest absolute Gasteiger partial charge is 0.0649 e. The van der Waals surface area contributed by atoms with Gasteiger partial charge < -0.3 is 14.9 Å². The Balaban J connectivity index is 2.99. The SMILES string of the molecule is CCOCC(CO)(CO)c1cccc(Cl)c1. The molecule has 0 spiro atoms. The molecule has 1 rings (SSSR count). The summed E-state index contributed by atoms with van der Waals surface area (Å²) in [5.74, 6) is 0. The second-order valence-corrected chi connectivity index (χ2v) is 4.18. The Hall–Kier alpha value is -0.610. The maximum absolute atomic E-state index is 9.46. The summed E-state index contributed by atoms with van der Waals surface area (Å²) in [4.78, 5) is 0. The van der Waals surface area contributed by atoms with Gasteiger partial charge in [-0.25, -0.2) is 0 Å². The van der Waals surface area contributed by atoms with Crippen LogP contribution in [0.2, 0.25) is 5.02 Å². The van der Waals surface area contributed by atoms with E-state index < -0.39 is 5.41 Å². The molecule has 1 aromatic rings. The van der Waals surface area contributed by atoms with Crippen LogP contribution in [0.25, 0.3) is 0 Å². The Labute approximate surface area is 101 Å². The standard InChI is InChI=1S/C12H17ClO3/c1-2-16-9-12(7-14,8-15)10-4-3-5-11(13)6-10/h3-6,14-15H,2,7-9H2,1H3. The van der Waals surface area contributed by atoms with Crippen LogP contribution in [0.3, 0.4) is 0 Å². The third-order valence-corrected chi connectivity index (χ3v) is 2.86. The zero-order valence-corrected chi connectivity index (χ0v) is 10.1. The van der Waals surface area contributed by atoms with Crippen molar-refractivity contribution in [3.63, 3.8) is 0 Å². The number of hydrogen-bond donors (Lipinski definition) is 2. The average molecular weight is 245 g/mol. The predicted molar refractivity (Wildman–Crippen MR) is 63.8 cm³/mol. The quantitative estimate of drug-likeness (QED) is 0.799. The number of rotatable bonds is 6. The van der Waals surface area contributed by atoms with Gasteiger partial charge >= 0.3 is 0 Å². The van der Waals surface area contributed by atoms with Gasteiger partial charge in [-0.15, -0.1) is 0 Å². The molecule has 0 unspecified atom stereocenters. The number of hydrogen-bond acceptors (Lipinski definition) is 3. The third kappa shape index (κ3) is 2.95. The van der Waals surface area contributed by atoms with Gasteiger partial charge in [0, 0.05) is 11.6 Å². The molecular weight excluding hydrogens is 228 g/mol. The summed E-state index contributed by atoms with van der Waals surface area (Å²) in [5, 5.41) is 19.5. The van der Waals surface area contributed by atoms with Crippen LogP contribution in [0, 0.1) is 0 Å². The Morgan fingerprint density at radius 2 is 2.00 bits per heavy atom. The van der Waals surface area contributed by atoms with E-state index in [4.69, 9.17) is 16.3 Å². The molecule has 0 aliphatic rings. The summed E-state index contributed by atoms with van der Waals surface area (Å²) >= 11 is 5.89. The molecule has 1 aromatic carbocycles. The van der Waals surface area contributed by atoms with Crippen LogP contribution in [0.1, 0.15) is 12.5 Å². The highest BCUT2D eigenvalue weighted by Gasteiger charge is 2.31. The summed E-state index contributed by atoms with van der Waals surface area (Å²) in [6, 6.07) is 7.12. The van der Waals surface area contributed by atoms with Gasteiger partial charge in [0.2, 0.25) is 0 Å². The Bertz CT molecular complexity index is 324. The van der Waals surface area contributed by atoms with Crippen molar-refractivity contribution >= 4 is 11.6 Å². The first kappa shape index (κ1) is 13.5. The van der Waals surface area contributed by atoms with E-state index >= 15 is 0 Å². The Morgan fingerprint density at radius 1 is 1.31 bits per heavy atom. The third-order valence-electron chi connectivity index (χ3n) is 2.62. The molecule has 0 heterocycles. The molecular formula is C12H17ClO3. The molecule has 0 saturated carbocycles. The van der Waals surface area contributed by atoms with Crippen molar-refractivity contribution in [3.05, 3.63) is 34.9 Å². The molecule has 0 saturated heterocycles. The maximum Gasteiger partial charge on any atom is 0.0649 e. The first-order valence-electron chi connectivity index (χ1n) is 5.24. The number of aliphatic hydroxyl groups excluding tert-OH is 2. The minimum Gasteiger partial charge on any atom is -0.395 e. The normalized spacial score (nSPS) is 11.8. The van der Waals surface area contributed by atoms with Crippen LogP contribution in [-0.2, 0) is 10.2 Å². The van der Waals surface area contributed by atoms with Crippen LogP contribution >= 0.6 is 11.6 Å². The van der Waals surface area contributed by atoms with Gasteiger partial charge in [-0.1, -0.05) is 23.7 Å². The zero-order valence-electron chi connectivity index (χ0n) is 9.32. The summed E-state index contributed by atoms with van der Waals surface area (Å²) < 4.78 is 5.31. The average Bonchev–Trinajstić information content (AvgIpc) is 2.31. The van der Waals surface area contributed by atoms with Gasteiger partial charge in [-0.3, -0.25) is 0 Å². The summed E-state index contributed by atoms with van der Waals surface area (Å²) in [7, 11) is 0. The minimum atomic E-state index is -0.777. The van der Waals surface area contributed by atoms with Crippen molar-refractivity contribution < 1.29 is 14.9 Å². The first-order chi connectivity index (χ1) is 7.68. The summed E-state index contributed by atoms with van der Waals surface area (Å²) in [6.07, 6.45) is 0. The minimum absolute atomic E-state index is 0.177. The molecule has 0 fully saturated rings. The van der Waals surface area contributed by atoms with E-state index in [1.54, 1.807) is 18.2 Å². The van der Waals surface area contributed by atoms with Crippen molar-refractivity contribution in [3.8, 4) is 0 Å². The van der Waals surface area contributed by atoms with Crippen molar-refractivity contribution in [1.82, 2.24) is 0 Å². The van der Waals surface area contributed by atoms with Crippen LogP contribution in [0.15, 0.2) is 24.3 Å². The topological polar surface area (TPSA) is 49.7 Å². The van der Waals surface area contributed by atoms with E-state index in [1.807, 2.05) is 13.0 Å². The fraction of sp³-hybridized carbons (Fsp3) is 0.500. The van der Waals surface area contributed by atoms with E-state index in [2.05, 4.69) is 0 Å². The lowest BCUT2D eigenvalue weighted by atomic mass is 9.83. The van der Waals surface area contributed by atoms with Crippen LogP contribution < -0.4 is 0 Å². The monoisotopic (exact) mass is 244 g/mol. The lowest BCUT2D eigenvalue weighted by molar-refractivity contribution is 0.0248. The lowest BCUT2D eigenvalue weighted by Gasteiger charge is -2.30. The van der Waals surface area contributed by atoms with Gasteiger partial charge in [-0.2, -0.15) is 0 Å². The van der Waals surface area contributed by atoms with Crippen LogP contribution in [-0.4, -0.2) is 36.6 Å². The summed E-state index contributed by atoms with van der Waals surface area (Å²) in [6.45, 7) is 2.34. The number of ether oxygens (including phenoxy) is 1. The van der Waals surface area contributed by atoms with E-state index in [0.29, 0.717) is 11.6 Å². The van der Waals surface area contributed by atoms with Gasteiger partial charge in [-0.05, 0) is 24.6 Å². The highest BCUT2D eigenvalue weighted by atomic mass is 35.5. The molecule has 16 heavy (non-hydrogen) atoms. The fourth-order valence-electron chi connectivity index (χ4n) is 1.52. The molecule has 0 atom stereocenters. The van der Waals surface area contributed by atoms with Crippen molar-refractivity contribution in [2.24, 2.45) is 0 Å². The maximum atomic E-state index is 9.46. The predicted octanol–water partition coefficient (Wildman–Crippen LogP) is 1.60. The summed E-state index contributed by atoms with van der Waals surface area (Å²) in [5.41, 5.74) is 0.0134. The molecule has 90 valence electrons. The van der Waals surface area contributed by atoms with Crippen molar-refractivity contribution in [1.29, 1.82) is 0 Å². The van der Waals surface area contributed by atoms with Crippen molar-refractivity contribution in [2.75, 3.05) is 26.4 Å². The lowest BCUT2D eigenvalue weighted by Crippen LogP contribution is -2.39. The molecule has 0 amide bonds. The molecule has 0 aliphatic heterocycles. The number of halogens is 1. The highest BCUT2D eigenvalue weighted by Crippen LogP contribution is 2.26. The molecule has 4 heteroatoms. The first-order valence-corrected chi connectivity index (χ1v) is 5.62. The van der Waals surface area contributed by atoms with Crippen molar-refractivity contribution in [2.45, 2.75) is 12.3 Å². The molecule has 0 radical (unpaired) electrons. The number of aliphatic hydroxyl groups is 2. The highest BCUT2D eigenvalue weighted by molar-refractivity contribution is 6.30. The zero-order chi connectivity index (χ0) is 12.0. The van der Waals surface area contributed by atoms with E-state index in [-0.39, 0.29) is 19.8 Å². The molecule has 3 nitrogen and oxygen atoms in total. The van der Waals surface area contributed by atoms with Gasteiger partial charge in [0.05, 0.1) is 25.2 Å². The largest absolute Gasteiger partial charge is 0.395 e. The van der Waals surface area contributed by atoms with Gasteiger partial charge in [0.25, 0.3) is 0 Å². The van der Waals surface area contributed by atoms with E-state index in [1.165, 1.54) is 0 Å². The van der Waals surface area contributed by atoms with Crippen LogP contribution in [0.5, 0.6) is 0 Å².